The van der Waals surface area contributed by atoms with Crippen molar-refractivity contribution >= 4 is 22.9 Å². The van der Waals surface area contributed by atoms with Crippen LogP contribution in [0.5, 0.6) is 0 Å². The van der Waals surface area contributed by atoms with Crippen LogP contribution in [-0.2, 0) is 17.7 Å². The lowest BCUT2D eigenvalue weighted by molar-refractivity contribution is 0.0151. The van der Waals surface area contributed by atoms with Crippen molar-refractivity contribution in [3.8, 4) is 0 Å². The van der Waals surface area contributed by atoms with Gasteiger partial charge in [0.05, 0.1) is 6.10 Å². The van der Waals surface area contributed by atoms with Gasteiger partial charge in [-0.3, -0.25) is 0 Å². The molecule has 4 nitrogen and oxygen atoms in total. The van der Waals surface area contributed by atoms with Crippen molar-refractivity contribution in [1.82, 2.24) is 14.5 Å². The minimum absolute atomic E-state index is 0.335. The first-order valence-electron chi connectivity index (χ1n) is 8.39. The Morgan fingerprint density at radius 1 is 1.32 bits per heavy atom. The van der Waals surface area contributed by atoms with E-state index in [0.29, 0.717) is 6.10 Å². The van der Waals surface area contributed by atoms with Crippen LogP contribution in [0.25, 0.3) is 11.2 Å². The van der Waals surface area contributed by atoms with Crippen molar-refractivity contribution in [2.24, 2.45) is 5.92 Å². The number of hydrogen-bond acceptors (Lipinski definition) is 4. The van der Waals surface area contributed by atoms with Crippen LogP contribution in [0.15, 0.2) is 18.3 Å². The summed E-state index contributed by atoms with van der Waals surface area (Å²) in [6.45, 7) is 1.96. The molecule has 118 valence electrons. The Morgan fingerprint density at radius 3 is 3.14 bits per heavy atom. The Bertz CT molecular complexity index is 630. The van der Waals surface area contributed by atoms with Crippen molar-refractivity contribution in [3.05, 3.63) is 24.2 Å². The molecule has 0 saturated carbocycles. The van der Waals surface area contributed by atoms with Gasteiger partial charge in [-0.25, -0.2) is 9.97 Å². The van der Waals surface area contributed by atoms with Crippen LogP contribution in [0.1, 0.15) is 31.5 Å². The van der Waals surface area contributed by atoms with E-state index in [1.165, 1.54) is 30.8 Å². The maximum absolute atomic E-state index is 5.93. The van der Waals surface area contributed by atoms with Gasteiger partial charge in [0, 0.05) is 25.8 Å². The molecule has 0 bridgehead atoms. The molecule has 0 aliphatic carbocycles. The van der Waals surface area contributed by atoms with E-state index >= 15 is 0 Å². The SMILES string of the molecule is c1cnc2c(c1)nc(CC1CCCCO1)n2CC1CCSC1. The summed E-state index contributed by atoms with van der Waals surface area (Å²) in [7, 11) is 0. The smallest absolute Gasteiger partial charge is 0.159 e. The number of ether oxygens (including phenoxy) is 1. The number of aromatic nitrogens is 3. The normalized spacial score (nSPS) is 25.8. The molecule has 2 saturated heterocycles. The highest BCUT2D eigenvalue weighted by molar-refractivity contribution is 7.99. The average molecular weight is 317 g/mol. The third-order valence-corrected chi connectivity index (χ3v) is 5.96. The van der Waals surface area contributed by atoms with Crippen molar-refractivity contribution in [2.75, 3.05) is 18.1 Å². The lowest BCUT2D eigenvalue weighted by atomic mass is 10.1. The molecule has 2 fully saturated rings. The summed E-state index contributed by atoms with van der Waals surface area (Å²) in [4.78, 5) is 9.45. The number of nitrogens with zero attached hydrogens (tertiary/aromatic N) is 3. The zero-order valence-corrected chi connectivity index (χ0v) is 13.7. The van der Waals surface area contributed by atoms with Crippen molar-refractivity contribution in [2.45, 2.75) is 44.8 Å². The Labute approximate surface area is 135 Å². The minimum Gasteiger partial charge on any atom is -0.378 e. The first kappa shape index (κ1) is 14.5. The van der Waals surface area contributed by atoms with E-state index in [9.17, 15) is 0 Å². The van der Waals surface area contributed by atoms with Crippen molar-refractivity contribution < 1.29 is 4.74 Å². The number of fused-ring (bicyclic) bond motifs is 1. The molecule has 0 aromatic carbocycles. The van der Waals surface area contributed by atoms with Crippen LogP contribution in [0.3, 0.4) is 0 Å². The summed E-state index contributed by atoms with van der Waals surface area (Å²) in [5.41, 5.74) is 2.07. The molecular formula is C17H23N3OS. The van der Waals surface area contributed by atoms with Crippen LogP contribution in [-0.4, -0.2) is 38.8 Å². The Balaban J connectivity index is 1.62. The summed E-state index contributed by atoms with van der Waals surface area (Å²) in [5.74, 6) is 4.49. The van der Waals surface area contributed by atoms with Gasteiger partial charge in [0.25, 0.3) is 0 Å². The quantitative estimate of drug-likeness (QED) is 0.867. The van der Waals surface area contributed by atoms with E-state index in [1.807, 2.05) is 12.3 Å². The van der Waals surface area contributed by atoms with Gasteiger partial charge in [-0.2, -0.15) is 11.8 Å². The van der Waals surface area contributed by atoms with Crippen LogP contribution in [0.4, 0.5) is 0 Å². The summed E-state index contributed by atoms with van der Waals surface area (Å²) < 4.78 is 8.29. The molecule has 5 heteroatoms. The molecule has 2 unspecified atom stereocenters. The molecule has 0 amide bonds. The maximum atomic E-state index is 5.93. The van der Waals surface area contributed by atoms with E-state index < -0.39 is 0 Å². The molecule has 4 heterocycles. The zero-order chi connectivity index (χ0) is 14.8. The van der Waals surface area contributed by atoms with Gasteiger partial charge in [0.1, 0.15) is 11.3 Å². The second-order valence-electron chi connectivity index (χ2n) is 6.41. The predicted molar refractivity (Wildman–Crippen MR) is 90.3 cm³/mol. The highest BCUT2D eigenvalue weighted by Gasteiger charge is 2.23. The third kappa shape index (κ3) is 3.01. The Kier molecular flexibility index (Phi) is 4.35. The predicted octanol–water partition coefficient (Wildman–Crippen LogP) is 3.30. The van der Waals surface area contributed by atoms with E-state index in [4.69, 9.17) is 9.72 Å². The molecule has 2 atom stereocenters. The molecule has 2 aliphatic rings. The number of thioether (sulfide) groups is 1. The number of pyridine rings is 1. The summed E-state index contributed by atoms with van der Waals surface area (Å²) in [6.07, 6.45) is 8.10. The molecule has 2 aromatic rings. The second-order valence-corrected chi connectivity index (χ2v) is 7.56. The van der Waals surface area contributed by atoms with Gasteiger partial charge >= 0.3 is 0 Å². The minimum atomic E-state index is 0.335. The van der Waals surface area contributed by atoms with Crippen LogP contribution in [0.2, 0.25) is 0 Å². The Hall–Kier alpha value is -1.07. The van der Waals surface area contributed by atoms with Crippen molar-refractivity contribution in [3.63, 3.8) is 0 Å². The first-order chi connectivity index (χ1) is 10.9. The average Bonchev–Trinajstić information content (AvgIpc) is 3.18. The number of imidazole rings is 1. The van der Waals surface area contributed by atoms with Gasteiger partial charge in [-0.1, -0.05) is 0 Å². The second kappa shape index (κ2) is 6.59. The molecule has 2 aromatic heterocycles. The molecule has 4 rings (SSSR count). The summed E-state index contributed by atoms with van der Waals surface area (Å²) in [5, 5.41) is 0. The largest absolute Gasteiger partial charge is 0.378 e. The van der Waals surface area contributed by atoms with Crippen molar-refractivity contribution in [1.29, 1.82) is 0 Å². The molecule has 0 spiro atoms. The fraction of sp³-hybridized carbons (Fsp3) is 0.647. The van der Waals surface area contributed by atoms with E-state index in [0.717, 1.165) is 48.9 Å². The maximum Gasteiger partial charge on any atom is 0.159 e. The van der Waals surface area contributed by atoms with Gasteiger partial charge in [-0.05, 0) is 55.2 Å². The van der Waals surface area contributed by atoms with E-state index in [2.05, 4.69) is 27.4 Å². The lowest BCUT2D eigenvalue weighted by Gasteiger charge is -2.23. The standard InChI is InChI=1S/C17H23N3OS/c1-2-8-21-14(4-1)10-16-19-15-5-3-7-18-17(15)20(16)11-13-6-9-22-12-13/h3,5,7,13-14H,1-2,4,6,8-12H2. The monoisotopic (exact) mass is 317 g/mol. The Morgan fingerprint density at radius 2 is 2.32 bits per heavy atom. The molecule has 22 heavy (non-hydrogen) atoms. The number of hydrogen-bond donors (Lipinski definition) is 0. The van der Waals surface area contributed by atoms with Crippen LogP contribution in [0, 0.1) is 5.92 Å². The van der Waals surface area contributed by atoms with Gasteiger partial charge in [0.15, 0.2) is 5.65 Å². The highest BCUT2D eigenvalue weighted by atomic mass is 32.2. The fourth-order valence-corrected chi connectivity index (χ4v) is 4.78. The van der Waals surface area contributed by atoms with Gasteiger partial charge in [0.2, 0.25) is 0 Å². The molecule has 0 N–H and O–H groups in total. The van der Waals surface area contributed by atoms with E-state index in [1.54, 1.807) is 0 Å². The van der Waals surface area contributed by atoms with Crippen LogP contribution >= 0.6 is 11.8 Å². The lowest BCUT2D eigenvalue weighted by Crippen LogP contribution is -2.24. The first-order valence-corrected chi connectivity index (χ1v) is 9.55. The molecule has 0 radical (unpaired) electrons. The molecule has 2 aliphatic heterocycles. The fourth-order valence-electron chi connectivity index (χ4n) is 3.51. The summed E-state index contributed by atoms with van der Waals surface area (Å²) in [6, 6.07) is 4.06. The highest BCUT2D eigenvalue weighted by Crippen LogP contribution is 2.27. The van der Waals surface area contributed by atoms with Gasteiger partial charge < -0.3 is 9.30 Å². The number of rotatable bonds is 4. The molecular weight excluding hydrogens is 294 g/mol. The van der Waals surface area contributed by atoms with Crippen LogP contribution < -0.4 is 0 Å². The van der Waals surface area contributed by atoms with E-state index in [-0.39, 0.29) is 0 Å². The van der Waals surface area contributed by atoms with Gasteiger partial charge in [-0.15, -0.1) is 0 Å². The topological polar surface area (TPSA) is 39.9 Å². The summed E-state index contributed by atoms with van der Waals surface area (Å²) >= 11 is 2.07. The zero-order valence-electron chi connectivity index (χ0n) is 12.9. The third-order valence-electron chi connectivity index (χ3n) is 4.73.